The highest BCUT2D eigenvalue weighted by Gasteiger charge is 2.55. The molecule has 46 heavy (non-hydrogen) atoms. The van der Waals surface area contributed by atoms with Gasteiger partial charge in [-0.05, 0) is 106 Å². The molecule has 9 nitrogen and oxygen atoms in total. The number of sulfone groups is 1. The Morgan fingerprint density at radius 3 is 2.37 bits per heavy atom. The fraction of sp³-hybridized carbons (Fsp3) is 0.500. The number of likely N-dealkylation sites (N-methyl/N-ethyl adjacent to an activating group) is 1. The Labute approximate surface area is 272 Å². The molecule has 1 amide bonds. The number of aromatic nitrogens is 1. The molecule has 1 aliphatic carbocycles. The van der Waals surface area contributed by atoms with Gasteiger partial charge in [-0.1, -0.05) is 24.3 Å². The van der Waals surface area contributed by atoms with E-state index in [1.165, 1.54) is 35.7 Å². The summed E-state index contributed by atoms with van der Waals surface area (Å²) in [5, 5.41) is 0. The third-order valence-electron chi connectivity index (χ3n) is 11.1. The molecule has 3 unspecified atom stereocenters. The van der Waals surface area contributed by atoms with Crippen molar-refractivity contribution in [2.24, 2.45) is 23.5 Å². The summed E-state index contributed by atoms with van der Waals surface area (Å²) in [7, 11) is -1.32. The molecule has 7 rings (SSSR count). The van der Waals surface area contributed by atoms with E-state index in [9.17, 15) is 13.2 Å². The molecule has 2 N–H and O–H groups in total. The molecule has 0 bridgehead atoms. The molecule has 3 aliphatic heterocycles. The van der Waals surface area contributed by atoms with E-state index in [0.717, 1.165) is 83.6 Å². The van der Waals surface area contributed by atoms with Gasteiger partial charge in [0.05, 0.1) is 9.79 Å². The van der Waals surface area contributed by atoms with Gasteiger partial charge in [0.1, 0.15) is 6.10 Å². The number of hydrogen-bond donors (Lipinski definition) is 1. The number of carbonyl (C=O) groups is 1. The van der Waals surface area contributed by atoms with Crippen LogP contribution in [0.1, 0.15) is 43.2 Å². The van der Waals surface area contributed by atoms with E-state index in [1.807, 2.05) is 12.1 Å². The van der Waals surface area contributed by atoms with Gasteiger partial charge in [-0.2, -0.15) is 0 Å². The Kier molecular flexibility index (Phi) is 8.54. The number of nitrogens with two attached hydrogens (primary N) is 1. The van der Waals surface area contributed by atoms with Crippen LogP contribution in [0.15, 0.2) is 82.8 Å². The molecule has 2 saturated heterocycles. The fourth-order valence-corrected chi connectivity index (χ4v) is 10.4. The second-order valence-electron chi connectivity index (χ2n) is 13.9. The van der Waals surface area contributed by atoms with Crippen LogP contribution in [0.3, 0.4) is 0 Å². The van der Waals surface area contributed by atoms with Crippen molar-refractivity contribution in [1.82, 2.24) is 14.8 Å². The standard InChI is InChI=1S/C36H45N5O4S/c1-39-24-27-5-2-3-6-32(27)36(25-39,33-7-4-8-34(33)45-35(37)42)28-15-19-40(20-16-28)21-26-22-41(23-26)29-9-11-30(12-10-29)46(43,44)31-13-17-38-18-14-31/h2-3,5-6,9-14,17-18,26,28,33-34H,4,7-8,15-16,19-25H2,1H3,(H2,37,42). The van der Waals surface area contributed by atoms with E-state index < -0.39 is 15.9 Å². The molecule has 1 aromatic heterocycles. The molecule has 1 saturated carbocycles. The predicted molar refractivity (Wildman–Crippen MR) is 177 cm³/mol. The highest BCUT2D eigenvalue weighted by atomic mass is 32.2. The molecule has 10 heteroatoms. The summed E-state index contributed by atoms with van der Waals surface area (Å²) in [6.07, 6.45) is 7.51. The van der Waals surface area contributed by atoms with Crippen LogP contribution in [-0.4, -0.2) is 81.7 Å². The number of primary amides is 1. The summed E-state index contributed by atoms with van der Waals surface area (Å²) >= 11 is 0. The monoisotopic (exact) mass is 643 g/mol. The number of likely N-dealkylation sites (tertiary alicyclic amines) is 1. The van der Waals surface area contributed by atoms with Gasteiger partial charge in [0.15, 0.2) is 0 Å². The fourth-order valence-electron chi connectivity index (χ4n) is 9.15. The quantitative estimate of drug-likeness (QED) is 0.376. The molecular formula is C36H45N5O4S. The van der Waals surface area contributed by atoms with Gasteiger partial charge in [-0.15, -0.1) is 0 Å². The Balaban J connectivity index is 0.994. The number of carbonyl (C=O) groups excluding carboxylic acids is 1. The molecule has 3 fully saturated rings. The van der Waals surface area contributed by atoms with Crippen LogP contribution in [0, 0.1) is 17.8 Å². The van der Waals surface area contributed by atoms with E-state index in [-0.39, 0.29) is 22.3 Å². The number of fused-ring (bicyclic) bond motifs is 1. The molecule has 0 spiro atoms. The summed E-state index contributed by atoms with van der Waals surface area (Å²) in [6, 6.07) is 19.3. The number of pyridine rings is 1. The third-order valence-corrected chi connectivity index (χ3v) is 12.9. The number of amides is 1. The van der Waals surface area contributed by atoms with Crippen LogP contribution in [0.4, 0.5) is 10.5 Å². The minimum Gasteiger partial charge on any atom is -0.446 e. The van der Waals surface area contributed by atoms with Crippen molar-refractivity contribution in [2.75, 3.05) is 51.2 Å². The van der Waals surface area contributed by atoms with Crippen LogP contribution >= 0.6 is 0 Å². The number of hydrogen-bond acceptors (Lipinski definition) is 8. The molecule has 3 atom stereocenters. The zero-order valence-corrected chi connectivity index (χ0v) is 27.4. The molecule has 4 heterocycles. The first-order valence-electron chi connectivity index (χ1n) is 16.7. The van der Waals surface area contributed by atoms with Crippen molar-refractivity contribution in [1.29, 1.82) is 0 Å². The maximum atomic E-state index is 13.0. The van der Waals surface area contributed by atoms with Crippen molar-refractivity contribution in [3.8, 4) is 0 Å². The van der Waals surface area contributed by atoms with E-state index in [0.29, 0.717) is 16.7 Å². The van der Waals surface area contributed by atoms with E-state index in [1.54, 1.807) is 12.1 Å². The zero-order chi connectivity index (χ0) is 31.9. The topological polar surface area (TPSA) is 109 Å². The van der Waals surface area contributed by atoms with Crippen LogP contribution < -0.4 is 10.6 Å². The van der Waals surface area contributed by atoms with Gasteiger partial charge in [0.25, 0.3) is 0 Å². The van der Waals surface area contributed by atoms with Crippen molar-refractivity contribution in [3.05, 3.63) is 84.2 Å². The highest BCUT2D eigenvalue weighted by molar-refractivity contribution is 7.91. The van der Waals surface area contributed by atoms with Crippen LogP contribution in [0.5, 0.6) is 0 Å². The lowest BCUT2D eigenvalue weighted by Crippen LogP contribution is -2.58. The zero-order valence-electron chi connectivity index (χ0n) is 26.6. The first-order chi connectivity index (χ1) is 22.2. The van der Waals surface area contributed by atoms with Gasteiger partial charge < -0.3 is 25.2 Å². The number of rotatable bonds is 8. The van der Waals surface area contributed by atoms with Crippen LogP contribution in [-0.2, 0) is 26.5 Å². The number of ether oxygens (including phenoxy) is 1. The molecule has 0 radical (unpaired) electrons. The first-order valence-corrected chi connectivity index (χ1v) is 18.2. The van der Waals surface area contributed by atoms with Crippen molar-refractivity contribution in [3.63, 3.8) is 0 Å². The molecule has 244 valence electrons. The SMILES string of the molecule is CN1Cc2ccccc2C(C2CCN(CC3CN(c4ccc(S(=O)(=O)c5ccncc5)cc4)C3)CC2)(C2CCCC2OC(N)=O)C1. The molecule has 3 aromatic rings. The summed E-state index contributed by atoms with van der Waals surface area (Å²) in [6.45, 7) is 7.12. The normalized spacial score (nSPS) is 26.4. The second kappa shape index (κ2) is 12.6. The largest absolute Gasteiger partial charge is 0.446 e. The van der Waals surface area contributed by atoms with Crippen LogP contribution in [0.25, 0.3) is 0 Å². The third kappa shape index (κ3) is 5.80. The van der Waals surface area contributed by atoms with Gasteiger partial charge in [0, 0.05) is 68.1 Å². The minimum atomic E-state index is -3.55. The Morgan fingerprint density at radius 1 is 0.957 bits per heavy atom. The lowest BCUT2D eigenvalue weighted by molar-refractivity contribution is -0.00897. The summed E-state index contributed by atoms with van der Waals surface area (Å²) in [4.78, 5) is 23.9. The Hall–Kier alpha value is -3.47. The lowest BCUT2D eigenvalue weighted by Gasteiger charge is -2.54. The van der Waals surface area contributed by atoms with Gasteiger partial charge in [0.2, 0.25) is 9.84 Å². The second-order valence-corrected chi connectivity index (χ2v) is 15.9. The Bertz CT molecular complexity index is 1640. The number of piperidine rings is 1. The minimum absolute atomic E-state index is 0.0589. The maximum Gasteiger partial charge on any atom is 0.404 e. The molecular weight excluding hydrogens is 598 g/mol. The van der Waals surface area contributed by atoms with E-state index in [4.69, 9.17) is 10.5 Å². The molecule has 4 aliphatic rings. The summed E-state index contributed by atoms with van der Waals surface area (Å²) in [5.41, 5.74) is 9.45. The number of benzene rings is 2. The lowest BCUT2D eigenvalue weighted by atomic mass is 9.56. The smallest absolute Gasteiger partial charge is 0.404 e. The molecule has 2 aromatic carbocycles. The van der Waals surface area contributed by atoms with Crippen molar-refractivity contribution >= 4 is 21.6 Å². The summed E-state index contributed by atoms with van der Waals surface area (Å²) in [5.74, 6) is 1.37. The Morgan fingerprint density at radius 2 is 1.65 bits per heavy atom. The van der Waals surface area contributed by atoms with Gasteiger partial charge in [-0.3, -0.25) is 4.98 Å². The van der Waals surface area contributed by atoms with E-state index >= 15 is 0 Å². The van der Waals surface area contributed by atoms with Gasteiger partial charge >= 0.3 is 6.09 Å². The number of anilines is 1. The van der Waals surface area contributed by atoms with Gasteiger partial charge in [-0.25, -0.2) is 13.2 Å². The average molecular weight is 644 g/mol. The highest BCUT2D eigenvalue weighted by Crippen LogP contribution is 2.54. The van der Waals surface area contributed by atoms with Crippen molar-refractivity contribution in [2.45, 2.75) is 60.0 Å². The van der Waals surface area contributed by atoms with Crippen LogP contribution in [0.2, 0.25) is 0 Å². The number of nitrogens with zero attached hydrogens (tertiary/aromatic N) is 4. The maximum absolute atomic E-state index is 13.0. The van der Waals surface area contributed by atoms with E-state index in [2.05, 4.69) is 51.0 Å². The summed E-state index contributed by atoms with van der Waals surface area (Å²) < 4.78 is 31.7. The average Bonchev–Trinajstić information content (AvgIpc) is 3.51. The predicted octanol–water partition coefficient (Wildman–Crippen LogP) is 4.71. The van der Waals surface area contributed by atoms with Crippen molar-refractivity contribution < 1.29 is 17.9 Å². The first kappa shape index (κ1) is 31.1.